The summed E-state index contributed by atoms with van der Waals surface area (Å²) in [5.74, 6) is -0.337. The topological polar surface area (TPSA) is 75.9 Å². The SMILES string of the molecule is Cl.O=C(NCCN1CCOCC1)c1cnc2sc3c(n2c1=O)CCCC3. The van der Waals surface area contributed by atoms with Crippen LogP contribution in [0.1, 0.15) is 33.8 Å². The maximum atomic E-state index is 12.8. The van der Waals surface area contributed by atoms with Gasteiger partial charge in [0.2, 0.25) is 0 Å². The van der Waals surface area contributed by atoms with Gasteiger partial charge in [0.1, 0.15) is 5.56 Å². The summed E-state index contributed by atoms with van der Waals surface area (Å²) in [4.78, 5) is 33.8. The zero-order chi connectivity index (χ0) is 17.2. The van der Waals surface area contributed by atoms with Gasteiger partial charge in [-0.3, -0.25) is 18.9 Å². The first-order valence-corrected chi connectivity index (χ1v) is 9.66. The highest BCUT2D eigenvalue weighted by Crippen LogP contribution is 2.28. The number of rotatable bonds is 4. The molecule has 4 rings (SSSR count). The van der Waals surface area contributed by atoms with Crippen LogP contribution in [0.15, 0.2) is 11.0 Å². The Morgan fingerprint density at radius 2 is 2.04 bits per heavy atom. The predicted octanol–water partition coefficient (Wildman–Crippen LogP) is 1.12. The molecule has 1 saturated heterocycles. The monoisotopic (exact) mass is 398 g/mol. The van der Waals surface area contributed by atoms with Gasteiger partial charge in [-0.15, -0.1) is 23.7 Å². The van der Waals surface area contributed by atoms with Crippen molar-refractivity contribution in [3.05, 3.63) is 32.7 Å². The largest absolute Gasteiger partial charge is 0.379 e. The smallest absolute Gasteiger partial charge is 0.271 e. The second-order valence-corrected chi connectivity index (χ2v) is 7.55. The standard InChI is InChI=1S/C17H22N4O3S.ClH/c22-15(18-5-6-20-7-9-24-10-8-20)12-11-19-17-21(16(12)23)13-3-1-2-4-14(13)25-17;/h11H,1-10H2,(H,18,22);1H. The molecule has 1 N–H and O–H groups in total. The minimum Gasteiger partial charge on any atom is -0.379 e. The highest BCUT2D eigenvalue weighted by molar-refractivity contribution is 7.17. The van der Waals surface area contributed by atoms with Crippen molar-refractivity contribution >= 4 is 34.6 Å². The number of carbonyl (C=O) groups excluding carboxylic acids is 1. The molecule has 0 radical (unpaired) electrons. The molecule has 142 valence electrons. The molecular formula is C17H23ClN4O3S. The molecule has 0 unspecified atom stereocenters. The molecule has 9 heteroatoms. The maximum absolute atomic E-state index is 12.8. The Balaban J connectivity index is 0.00000196. The molecule has 26 heavy (non-hydrogen) atoms. The third kappa shape index (κ3) is 3.78. The number of hydrogen-bond acceptors (Lipinski definition) is 6. The molecule has 2 aliphatic rings. The lowest BCUT2D eigenvalue weighted by Crippen LogP contribution is -2.42. The van der Waals surface area contributed by atoms with Gasteiger partial charge in [0.25, 0.3) is 11.5 Å². The zero-order valence-corrected chi connectivity index (χ0v) is 16.2. The van der Waals surface area contributed by atoms with Crippen molar-refractivity contribution in [1.82, 2.24) is 19.6 Å². The van der Waals surface area contributed by atoms with Gasteiger partial charge in [0.05, 0.1) is 13.2 Å². The number of halogens is 1. The lowest BCUT2D eigenvalue weighted by molar-refractivity contribution is 0.0383. The Kier molecular flexibility index (Phi) is 6.29. The van der Waals surface area contributed by atoms with Crippen LogP contribution in [0.4, 0.5) is 0 Å². The Morgan fingerprint density at radius 1 is 1.27 bits per heavy atom. The van der Waals surface area contributed by atoms with E-state index in [4.69, 9.17) is 4.74 Å². The number of hydrogen-bond donors (Lipinski definition) is 1. The van der Waals surface area contributed by atoms with Crippen molar-refractivity contribution in [2.45, 2.75) is 25.7 Å². The first-order chi connectivity index (χ1) is 12.2. The van der Waals surface area contributed by atoms with Crippen molar-refractivity contribution in [3.63, 3.8) is 0 Å². The molecule has 0 atom stereocenters. The molecule has 1 aliphatic carbocycles. The summed E-state index contributed by atoms with van der Waals surface area (Å²) in [5.41, 5.74) is 0.936. The number of ether oxygens (including phenoxy) is 1. The lowest BCUT2D eigenvalue weighted by atomic mass is 10.0. The van der Waals surface area contributed by atoms with Gasteiger partial charge >= 0.3 is 0 Å². The summed E-state index contributed by atoms with van der Waals surface area (Å²) in [5, 5.41) is 2.85. The minimum absolute atomic E-state index is 0. The number of carbonyl (C=O) groups is 1. The number of amides is 1. The van der Waals surface area contributed by atoms with Crippen LogP contribution in [0.3, 0.4) is 0 Å². The molecule has 0 saturated carbocycles. The quantitative estimate of drug-likeness (QED) is 0.835. The number of fused-ring (bicyclic) bond motifs is 3. The molecule has 3 heterocycles. The normalized spacial score (nSPS) is 17.5. The second-order valence-electron chi connectivity index (χ2n) is 6.48. The van der Waals surface area contributed by atoms with E-state index < -0.39 is 0 Å². The van der Waals surface area contributed by atoms with Crippen molar-refractivity contribution < 1.29 is 9.53 Å². The van der Waals surface area contributed by atoms with E-state index in [0.29, 0.717) is 11.5 Å². The van der Waals surface area contributed by atoms with Gasteiger partial charge in [-0.05, 0) is 25.7 Å². The number of nitrogens with one attached hydrogen (secondary N) is 1. The van der Waals surface area contributed by atoms with E-state index in [1.165, 1.54) is 11.1 Å². The van der Waals surface area contributed by atoms with Crippen LogP contribution in [0.5, 0.6) is 0 Å². The lowest BCUT2D eigenvalue weighted by Gasteiger charge is -2.26. The van der Waals surface area contributed by atoms with Crippen LogP contribution in [0, 0.1) is 0 Å². The molecule has 0 bridgehead atoms. The predicted molar refractivity (Wildman–Crippen MR) is 103 cm³/mol. The van der Waals surface area contributed by atoms with Gasteiger partial charge in [-0.25, -0.2) is 4.98 Å². The third-order valence-corrected chi connectivity index (χ3v) is 6.02. The van der Waals surface area contributed by atoms with Crippen molar-refractivity contribution in [2.75, 3.05) is 39.4 Å². The van der Waals surface area contributed by atoms with Crippen LogP contribution in [0.25, 0.3) is 4.96 Å². The highest BCUT2D eigenvalue weighted by atomic mass is 35.5. The average Bonchev–Trinajstić information content (AvgIpc) is 3.02. The summed E-state index contributed by atoms with van der Waals surface area (Å²) in [6.07, 6.45) is 5.55. The molecule has 1 amide bonds. The van der Waals surface area contributed by atoms with Crippen LogP contribution >= 0.6 is 23.7 Å². The van der Waals surface area contributed by atoms with E-state index in [1.807, 2.05) is 0 Å². The fourth-order valence-corrected chi connectivity index (χ4v) is 4.64. The van der Waals surface area contributed by atoms with Gasteiger partial charge in [-0.1, -0.05) is 0 Å². The Hall–Kier alpha value is -1.48. The number of nitrogens with zero attached hydrogens (tertiary/aromatic N) is 3. The summed E-state index contributed by atoms with van der Waals surface area (Å²) in [6, 6.07) is 0. The van der Waals surface area contributed by atoms with Crippen LogP contribution in [-0.4, -0.2) is 59.6 Å². The van der Waals surface area contributed by atoms with Crippen LogP contribution in [0.2, 0.25) is 0 Å². The molecular weight excluding hydrogens is 376 g/mol. The maximum Gasteiger partial charge on any atom is 0.271 e. The zero-order valence-electron chi connectivity index (χ0n) is 14.5. The van der Waals surface area contributed by atoms with Crippen molar-refractivity contribution in [2.24, 2.45) is 0 Å². The van der Waals surface area contributed by atoms with E-state index in [9.17, 15) is 9.59 Å². The van der Waals surface area contributed by atoms with Gasteiger partial charge in [-0.2, -0.15) is 0 Å². The molecule has 0 aromatic carbocycles. The minimum atomic E-state index is -0.337. The summed E-state index contributed by atoms with van der Waals surface area (Å²) in [6.45, 7) is 4.52. The molecule has 2 aromatic rings. The Labute approximate surface area is 161 Å². The number of thiazole rings is 1. The first-order valence-electron chi connectivity index (χ1n) is 8.84. The summed E-state index contributed by atoms with van der Waals surface area (Å²) in [7, 11) is 0. The van der Waals surface area contributed by atoms with E-state index in [2.05, 4.69) is 15.2 Å². The van der Waals surface area contributed by atoms with E-state index in [1.54, 1.807) is 15.7 Å². The Morgan fingerprint density at radius 3 is 2.85 bits per heavy atom. The van der Waals surface area contributed by atoms with Crippen LogP contribution < -0.4 is 10.9 Å². The first kappa shape index (κ1) is 19.3. The molecule has 1 fully saturated rings. The van der Waals surface area contributed by atoms with Gasteiger partial charge in [0, 0.05) is 42.9 Å². The summed E-state index contributed by atoms with van der Waals surface area (Å²) >= 11 is 1.57. The molecule has 2 aromatic heterocycles. The van der Waals surface area contributed by atoms with Gasteiger partial charge < -0.3 is 10.1 Å². The molecule has 1 aliphatic heterocycles. The third-order valence-electron chi connectivity index (χ3n) is 4.86. The van der Waals surface area contributed by atoms with E-state index in [-0.39, 0.29) is 29.4 Å². The fourth-order valence-electron chi connectivity index (χ4n) is 3.47. The average molecular weight is 399 g/mol. The van der Waals surface area contributed by atoms with Crippen molar-refractivity contribution in [1.29, 1.82) is 0 Å². The van der Waals surface area contributed by atoms with E-state index >= 15 is 0 Å². The molecule has 0 spiro atoms. The van der Waals surface area contributed by atoms with Gasteiger partial charge in [0.15, 0.2) is 4.96 Å². The van der Waals surface area contributed by atoms with E-state index in [0.717, 1.165) is 64.2 Å². The number of aryl methyl sites for hydroxylation is 2. The van der Waals surface area contributed by atoms with Crippen molar-refractivity contribution in [3.8, 4) is 0 Å². The highest BCUT2D eigenvalue weighted by Gasteiger charge is 2.21. The summed E-state index contributed by atoms with van der Waals surface area (Å²) < 4.78 is 6.96. The fraction of sp³-hybridized carbons (Fsp3) is 0.588. The number of aromatic nitrogens is 2. The number of morpholine rings is 1. The second kappa shape index (κ2) is 8.47. The van der Waals surface area contributed by atoms with Crippen LogP contribution in [-0.2, 0) is 17.6 Å². The Bertz CT molecular complexity index is 844. The molecule has 7 nitrogen and oxygen atoms in total.